The number of hydrogen-bond acceptors (Lipinski definition) is 4. The van der Waals surface area contributed by atoms with Gasteiger partial charge < -0.3 is 14.7 Å². The number of carbonyl (C=O) groups is 2. The summed E-state index contributed by atoms with van der Waals surface area (Å²) in [6.45, 7) is 5.52. The predicted molar refractivity (Wildman–Crippen MR) is 70.8 cm³/mol. The molecule has 102 valence electrons. The number of nitrogens with zero attached hydrogens (tertiary/aromatic N) is 1. The zero-order chi connectivity index (χ0) is 14.3. The molecule has 1 amide bonds. The number of ether oxygens (including phenoxy) is 1. The Labute approximate surface area is 112 Å². The maximum Gasteiger partial charge on any atom is 0.325 e. The van der Waals surface area contributed by atoms with Gasteiger partial charge in [-0.25, -0.2) is 0 Å². The minimum absolute atomic E-state index is 0.120. The van der Waals surface area contributed by atoms with E-state index >= 15 is 0 Å². The highest BCUT2D eigenvalue weighted by molar-refractivity contribution is 5.98. The van der Waals surface area contributed by atoms with E-state index in [9.17, 15) is 14.7 Å². The molecule has 0 saturated carbocycles. The molecule has 1 N–H and O–H groups in total. The molecule has 0 bridgehead atoms. The molecule has 0 atom stereocenters. The molecule has 1 aromatic rings. The first kappa shape index (κ1) is 14.8. The lowest BCUT2D eigenvalue weighted by Gasteiger charge is -2.20. The van der Waals surface area contributed by atoms with Crippen molar-refractivity contribution in [2.24, 2.45) is 0 Å². The Morgan fingerprint density at radius 3 is 2.68 bits per heavy atom. The molecule has 0 radical (unpaired) electrons. The SMILES string of the molecule is C=CCN(CC(=O)OCC)C(=O)c1ccccc1O. The first-order valence-electron chi connectivity index (χ1n) is 5.94. The van der Waals surface area contributed by atoms with Gasteiger partial charge in [0.05, 0.1) is 12.2 Å². The first-order chi connectivity index (χ1) is 9.10. The molecule has 19 heavy (non-hydrogen) atoms. The molecule has 0 aliphatic heterocycles. The molecule has 0 unspecified atom stereocenters. The van der Waals surface area contributed by atoms with Crippen molar-refractivity contribution in [1.82, 2.24) is 4.90 Å². The van der Waals surface area contributed by atoms with Crippen LogP contribution in [0.5, 0.6) is 5.75 Å². The van der Waals surface area contributed by atoms with Gasteiger partial charge in [-0.1, -0.05) is 18.2 Å². The Kier molecular flexibility index (Phi) is 5.60. The second-order valence-electron chi connectivity index (χ2n) is 3.80. The molecule has 1 rings (SSSR count). The van der Waals surface area contributed by atoms with Crippen molar-refractivity contribution in [2.75, 3.05) is 19.7 Å². The van der Waals surface area contributed by atoms with Gasteiger partial charge in [0.15, 0.2) is 0 Å². The quantitative estimate of drug-likeness (QED) is 0.625. The van der Waals surface area contributed by atoms with E-state index in [4.69, 9.17) is 4.74 Å². The Balaban J connectivity index is 2.87. The lowest BCUT2D eigenvalue weighted by molar-refractivity contribution is -0.143. The van der Waals surface area contributed by atoms with Crippen LogP contribution in [0, 0.1) is 0 Å². The van der Waals surface area contributed by atoms with Crippen molar-refractivity contribution in [3.05, 3.63) is 42.5 Å². The maximum absolute atomic E-state index is 12.2. The van der Waals surface area contributed by atoms with Crippen LogP contribution in [0.15, 0.2) is 36.9 Å². The van der Waals surface area contributed by atoms with Crippen molar-refractivity contribution in [2.45, 2.75) is 6.92 Å². The fourth-order valence-electron chi connectivity index (χ4n) is 1.56. The lowest BCUT2D eigenvalue weighted by Crippen LogP contribution is -2.36. The largest absolute Gasteiger partial charge is 0.507 e. The van der Waals surface area contributed by atoms with E-state index in [2.05, 4.69) is 6.58 Å². The number of amides is 1. The first-order valence-corrected chi connectivity index (χ1v) is 5.94. The Morgan fingerprint density at radius 1 is 1.42 bits per heavy atom. The summed E-state index contributed by atoms with van der Waals surface area (Å²) in [6.07, 6.45) is 1.51. The average molecular weight is 263 g/mol. The fourth-order valence-corrected chi connectivity index (χ4v) is 1.56. The highest BCUT2D eigenvalue weighted by Crippen LogP contribution is 2.17. The van der Waals surface area contributed by atoms with E-state index in [-0.39, 0.29) is 31.0 Å². The van der Waals surface area contributed by atoms with Crippen LogP contribution in [0.3, 0.4) is 0 Å². The minimum atomic E-state index is -0.492. The van der Waals surface area contributed by atoms with Crippen LogP contribution in [0.4, 0.5) is 0 Å². The third-order valence-corrected chi connectivity index (χ3v) is 2.40. The second-order valence-corrected chi connectivity index (χ2v) is 3.80. The summed E-state index contributed by atoms with van der Waals surface area (Å²) in [5, 5.41) is 9.65. The summed E-state index contributed by atoms with van der Waals surface area (Å²) in [6, 6.07) is 6.18. The summed E-state index contributed by atoms with van der Waals surface area (Å²) in [5.74, 6) is -1.05. The normalized spacial score (nSPS) is 9.74. The molecule has 0 spiro atoms. The standard InChI is InChI=1S/C14H17NO4/c1-3-9-15(10-13(17)19-4-2)14(18)11-7-5-6-8-12(11)16/h3,5-8,16H,1,4,9-10H2,2H3. The van der Waals surface area contributed by atoms with E-state index in [0.29, 0.717) is 0 Å². The lowest BCUT2D eigenvalue weighted by atomic mass is 10.1. The number of aromatic hydroxyl groups is 1. The highest BCUT2D eigenvalue weighted by Gasteiger charge is 2.20. The van der Waals surface area contributed by atoms with Gasteiger partial charge in [-0.15, -0.1) is 6.58 Å². The number of benzene rings is 1. The predicted octanol–water partition coefficient (Wildman–Crippen LogP) is 1.58. The zero-order valence-electron chi connectivity index (χ0n) is 10.8. The van der Waals surface area contributed by atoms with Crippen molar-refractivity contribution in [3.63, 3.8) is 0 Å². The van der Waals surface area contributed by atoms with Crippen LogP contribution < -0.4 is 0 Å². The summed E-state index contributed by atoms with van der Waals surface area (Å²) in [4.78, 5) is 24.9. The Morgan fingerprint density at radius 2 is 2.11 bits per heavy atom. The monoisotopic (exact) mass is 263 g/mol. The summed E-state index contributed by atoms with van der Waals surface area (Å²) < 4.78 is 4.81. The van der Waals surface area contributed by atoms with Crippen LogP contribution >= 0.6 is 0 Å². The number of esters is 1. The number of carbonyl (C=O) groups excluding carboxylic acids is 2. The fraction of sp³-hybridized carbons (Fsp3) is 0.286. The van der Waals surface area contributed by atoms with E-state index in [1.165, 1.54) is 23.1 Å². The molecule has 0 aliphatic rings. The Hall–Kier alpha value is -2.30. The van der Waals surface area contributed by atoms with Crippen LogP contribution in [0.1, 0.15) is 17.3 Å². The van der Waals surface area contributed by atoms with Crippen LogP contribution in [0.25, 0.3) is 0 Å². The van der Waals surface area contributed by atoms with E-state index < -0.39 is 11.9 Å². The number of phenols is 1. The molecular weight excluding hydrogens is 246 g/mol. The molecule has 0 heterocycles. The molecule has 0 fully saturated rings. The van der Waals surface area contributed by atoms with Gasteiger partial charge in [0, 0.05) is 6.54 Å². The van der Waals surface area contributed by atoms with Crippen LogP contribution in [-0.2, 0) is 9.53 Å². The third-order valence-electron chi connectivity index (χ3n) is 2.40. The van der Waals surface area contributed by atoms with Gasteiger partial charge in [0.1, 0.15) is 12.3 Å². The van der Waals surface area contributed by atoms with Gasteiger partial charge >= 0.3 is 5.97 Å². The number of rotatable bonds is 6. The molecule has 0 aromatic heterocycles. The van der Waals surface area contributed by atoms with Crippen molar-refractivity contribution in [3.8, 4) is 5.75 Å². The second kappa shape index (κ2) is 7.20. The molecule has 0 aliphatic carbocycles. The number of hydrogen-bond donors (Lipinski definition) is 1. The van der Waals surface area contributed by atoms with E-state index in [1.807, 2.05) is 0 Å². The summed E-state index contributed by atoms with van der Waals surface area (Å²) in [7, 11) is 0. The summed E-state index contributed by atoms with van der Waals surface area (Å²) in [5.41, 5.74) is 0.147. The number of para-hydroxylation sites is 1. The van der Waals surface area contributed by atoms with Gasteiger partial charge in [-0.3, -0.25) is 9.59 Å². The summed E-state index contributed by atoms with van der Waals surface area (Å²) >= 11 is 0. The van der Waals surface area contributed by atoms with Gasteiger partial charge in [0.2, 0.25) is 0 Å². The van der Waals surface area contributed by atoms with Crippen LogP contribution in [-0.4, -0.2) is 41.6 Å². The smallest absolute Gasteiger partial charge is 0.325 e. The minimum Gasteiger partial charge on any atom is -0.507 e. The van der Waals surface area contributed by atoms with Gasteiger partial charge in [-0.2, -0.15) is 0 Å². The highest BCUT2D eigenvalue weighted by atomic mass is 16.5. The number of phenolic OH excluding ortho intramolecular Hbond substituents is 1. The average Bonchev–Trinajstić information content (AvgIpc) is 2.38. The molecule has 0 saturated heterocycles. The molecule has 1 aromatic carbocycles. The molecular formula is C14H17NO4. The third kappa shape index (κ3) is 4.13. The van der Waals surface area contributed by atoms with Crippen molar-refractivity contribution in [1.29, 1.82) is 0 Å². The Bertz CT molecular complexity index is 470. The molecule has 5 heteroatoms. The van der Waals surface area contributed by atoms with Crippen molar-refractivity contribution < 1.29 is 19.4 Å². The molecule has 5 nitrogen and oxygen atoms in total. The topological polar surface area (TPSA) is 66.8 Å². The van der Waals surface area contributed by atoms with Crippen molar-refractivity contribution >= 4 is 11.9 Å². The zero-order valence-corrected chi connectivity index (χ0v) is 10.8. The van der Waals surface area contributed by atoms with Gasteiger partial charge in [-0.05, 0) is 19.1 Å². The van der Waals surface area contributed by atoms with Gasteiger partial charge in [0.25, 0.3) is 5.91 Å². The van der Waals surface area contributed by atoms with Crippen LogP contribution in [0.2, 0.25) is 0 Å². The van der Waals surface area contributed by atoms with E-state index in [1.54, 1.807) is 19.1 Å². The van der Waals surface area contributed by atoms with E-state index in [0.717, 1.165) is 0 Å². The maximum atomic E-state index is 12.2.